The first-order valence-corrected chi connectivity index (χ1v) is 9.78. The molecule has 1 amide bonds. The van der Waals surface area contributed by atoms with Crippen molar-refractivity contribution in [3.8, 4) is 22.5 Å². The van der Waals surface area contributed by atoms with Crippen molar-refractivity contribution in [1.29, 1.82) is 0 Å². The van der Waals surface area contributed by atoms with Crippen LogP contribution in [0.15, 0.2) is 48.7 Å². The molecule has 3 aromatic rings. The minimum atomic E-state index is -4.64. The lowest BCUT2D eigenvalue weighted by Gasteiger charge is -2.11. The van der Waals surface area contributed by atoms with Crippen molar-refractivity contribution in [2.75, 3.05) is 6.54 Å². The van der Waals surface area contributed by atoms with Gasteiger partial charge in [-0.2, -0.15) is 13.2 Å². The molecule has 4 rings (SSSR count). The summed E-state index contributed by atoms with van der Waals surface area (Å²) in [5.41, 5.74) is 7.13. The smallest absolute Gasteiger partial charge is 0.358 e. The van der Waals surface area contributed by atoms with Gasteiger partial charge in [-0.3, -0.25) is 14.6 Å². The average Bonchev–Trinajstić information content (AvgIpc) is 3.20. The molecule has 0 bridgehead atoms. The molecule has 0 fully saturated rings. The summed E-state index contributed by atoms with van der Waals surface area (Å²) in [7, 11) is 0. The molecule has 31 heavy (non-hydrogen) atoms. The molecule has 8 heteroatoms. The predicted octanol–water partition coefficient (Wildman–Crippen LogP) is 4.90. The summed E-state index contributed by atoms with van der Waals surface area (Å²) in [6.45, 7) is 5.07. The van der Waals surface area contributed by atoms with Crippen molar-refractivity contribution in [3.05, 3.63) is 65.5 Å². The number of carbonyl (C=O) groups excluding carboxylic acids is 2. The van der Waals surface area contributed by atoms with E-state index in [2.05, 4.69) is 59.5 Å². The van der Waals surface area contributed by atoms with E-state index < -0.39 is 12.5 Å². The number of aromatic amines is 1. The molecule has 0 spiro atoms. The molecule has 0 aliphatic carbocycles. The number of aromatic nitrogens is 2. The Morgan fingerprint density at radius 2 is 1.84 bits per heavy atom. The van der Waals surface area contributed by atoms with Gasteiger partial charge in [0.2, 0.25) is 6.29 Å². The first-order valence-electron chi connectivity index (χ1n) is 9.78. The highest BCUT2D eigenvalue weighted by molar-refractivity contribution is 5.97. The van der Waals surface area contributed by atoms with E-state index in [1.807, 2.05) is 18.3 Å². The van der Waals surface area contributed by atoms with E-state index in [0.29, 0.717) is 12.5 Å². The van der Waals surface area contributed by atoms with Gasteiger partial charge >= 0.3 is 6.18 Å². The summed E-state index contributed by atoms with van der Waals surface area (Å²) in [6.07, 6.45) is -3.03. The Hall–Kier alpha value is -3.42. The number of H-pyrrole nitrogens is 1. The zero-order valence-electron chi connectivity index (χ0n) is 17.1. The minimum Gasteiger partial charge on any atom is -0.358 e. The highest BCUT2D eigenvalue weighted by Crippen LogP contribution is 2.28. The molecule has 2 N–H and O–H groups in total. The SMILES string of the molecule is CC(C)c1cccc(-c2cc(-c3cc4c([nH]3)CCNC4=O)ccn2)c1.O=CC(F)(F)F. The van der Waals surface area contributed by atoms with Gasteiger partial charge in [0.25, 0.3) is 5.91 Å². The molecular weight excluding hydrogens is 407 g/mol. The second kappa shape index (κ2) is 9.16. The van der Waals surface area contributed by atoms with E-state index in [4.69, 9.17) is 4.79 Å². The quantitative estimate of drug-likeness (QED) is 0.582. The van der Waals surface area contributed by atoms with E-state index in [0.717, 1.165) is 40.2 Å². The number of rotatable bonds is 3. The van der Waals surface area contributed by atoms with E-state index in [-0.39, 0.29) is 5.91 Å². The number of aldehydes is 1. The number of amides is 1. The Labute approximate surface area is 177 Å². The third kappa shape index (κ3) is 5.59. The Morgan fingerprint density at radius 1 is 1.10 bits per heavy atom. The van der Waals surface area contributed by atoms with E-state index in [1.165, 1.54) is 5.56 Å². The fraction of sp³-hybridized carbons (Fsp3) is 0.261. The Kier molecular flexibility index (Phi) is 6.58. The van der Waals surface area contributed by atoms with Crippen LogP contribution in [0.2, 0.25) is 0 Å². The standard InChI is InChI=1S/C21H21N3O.C2HF3O/c1-13(2)14-4-3-5-15(10-14)19-11-16(6-8-22-19)20-12-17-18(24-20)7-9-23-21(17)25;3-2(4,5)1-6/h3-6,8,10-13,24H,7,9H2,1-2H3,(H,23,25);1H. The van der Waals surface area contributed by atoms with Gasteiger partial charge in [-0.15, -0.1) is 0 Å². The van der Waals surface area contributed by atoms with Crippen LogP contribution in [0.4, 0.5) is 13.2 Å². The maximum atomic E-state index is 12.0. The molecule has 1 aliphatic rings. The summed E-state index contributed by atoms with van der Waals surface area (Å²) >= 11 is 0. The summed E-state index contributed by atoms with van der Waals surface area (Å²) in [6, 6.07) is 14.5. The van der Waals surface area contributed by atoms with Crippen molar-refractivity contribution < 1.29 is 22.8 Å². The fourth-order valence-corrected chi connectivity index (χ4v) is 3.26. The molecule has 3 heterocycles. The second-order valence-corrected chi connectivity index (χ2v) is 7.45. The maximum Gasteiger partial charge on any atom is 0.446 e. The first kappa shape index (κ1) is 22.3. The van der Waals surface area contributed by atoms with Crippen molar-refractivity contribution in [2.45, 2.75) is 32.4 Å². The van der Waals surface area contributed by atoms with Gasteiger partial charge in [-0.25, -0.2) is 0 Å². The first-order chi connectivity index (χ1) is 14.7. The molecule has 1 aliphatic heterocycles. The van der Waals surface area contributed by atoms with Crippen LogP contribution in [0.1, 0.15) is 41.4 Å². The van der Waals surface area contributed by atoms with Crippen LogP contribution in [0.3, 0.4) is 0 Å². The van der Waals surface area contributed by atoms with Gasteiger partial charge in [0, 0.05) is 41.7 Å². The van der Waals surface area contributed by atoms with E-state index in [1.54, 1.807) is 0 Å². The number of halogens is 3. The number of alkyl halides is 3. The van der Waals surface area contributed by atoms with Crippen LogP contribution >= 0.6 is 0 Å². The largest absolute Gasteiger partial charge is 0.446 e. The highest BCUT2D eigenvalue weighted by atomic mass is 19.4. The van der Waals surface area contributed by atoms with Gasteiger partial charge in [0.15, 0.2) is 0 Å². The zero-order chi connectivity index (χ0) is 22.6. The van der Waals surface area contributed by atoms with Crippen LogP contribution in [0.5, 0.6) is 0 Å². The third-order valence-corrected chi connectivity index (χ3v) is 4.86. The Bertz CT molecular complexity index is 1090. The summed E-state index contributed by atoms with van der Waals surface area (Å²) < 4.78 is 31.2. The zero-order valence-corrected chi connectivity index (χ0v) is 17.1. The molecule has 0 atom stereocenters. The summed E-state index contributed by atoms with van der Waals surface area (Å²) in [5.74, 6) is 0.486. The Morgan fingerprint density at radius 3 is 2.48 bits per heavy atom. The third-order valence-electron chi connectivity index (χ3n) is 4.86. The number of benzene rings is 1. The average molecular weight is 429 g/mol. The van der Waals surface area contributed by atoms with Gasteiger partial charge < -0.3 is 10.3 Å². The molecular formula is C23H22F3N3O2. The molecule has 5 nitrogen and oxygen atoms in total. The van der Waals surface area contributed by atoms with Gasteiger partial charge in [0.05, 0.1) is 11.3 Å². The van der Waals surface area contributed by atoms with Crippen LogP contribution in [0.25, 0.3) is 22.5 Å². The van der Waals surface area contributed by atoms with Crippen molar-refractivity contribution >= 4 is 12.2 Å². The number of nitrogens with zero attached hydrogens (tertiary/aromatic N) is 1. The van der Waals surface area contributed by atoms with Crippen LogP contribution in [0, 0.1) is 0 Å². The van der Waals surface area contributed by atoms with E-state index in [9.17, 15) is 18.0 Å². The second-order valence-electron chi connectivity index (χ2n) is 7.45. The minimum absolute atomic E-state index is 0.00247. The number of hydrogen-bond donors (Lipinski definition) is 2. The number of pyridine rings is 1. The summed E-state index contributed by atoms with van der Waals surface area (Å²) in [4.78, 5) is 28.6. The lowest BCUT2D eigenvalue weighted by molar-refractivity contribution is -0.156. The van der Waals surface area contributed by atoms with Crippen molar-refractivity contribution in [1.82, 2.24) is 15.3 Å². The fourth-order valence-electron chi connectivity index (χ4n) is 3.26. The van der Waals surface area contributed by atoms with Gasteiger partial charge in [-0.05, 0) is 35.7 Å². The monoisotopic (exact) mass is 429 g/mol. The number of hydrogen-bond acceptors (Lipinski definition) is 3. The molecule has 162 valence electrons. The van der Waals surface area contributed by atoms with Gasteiger partial charge in [-0.1, -0.05) is 32.0 Å². The van der Waals surface area contributed by atoms with Crippen LogP contribution < -0.4 is 5.32 Å². The molecule has 0 radical (unpaired) electrons. The Balaban J connectivity index is 0.000000401. The number of carbonyl (C=O) groups is 2. The highest BCUT2D eigenvalue weighted by Gasteiger charge is 2.25. The predicted molar refractivity (Wildman–Crippen MR) is 112 cm³/mol. The van der Waals surface area contributed by atoms with Crippen LogP contribution in [-0.2, 0) is 11.2 Å². The maximum absolute atomic E-state index is 12.0. The topological polar surface area (TPSA) is 74.8 Å². The normalized spacial score (nSPS) is 13.2. The molecule has 0 saturated heterocycles. The molecule has 2 aromatic heterocycles. The number of fused-ring (bicyclic) bond motifs is 1. The van der Waals surface area contributed by atoms with Crippen molar-refractivity contribution in [3.63, 3.8) is 0 Å². The lowest BCUT2D eigenvalue weighted by atomic mass is 9.99. The molecule has 0 saturated carbocycles. The molecule has 1 aromatic carbocycles. The van der Waals surface area contributed by atoms with E-state index >= 15 is 0 Å². The van der Waals surface area contributed by atoms with Gasteiger partial charge in [0.1, 0.15) is 0 Å². The lowest BCUT2D eigenvalue weighted by Crippen LogP contribution is -2.31. The van der Waals surface area contributed by atoms with Crippen LogP contribution in [-0.4, -0.2) is 34.9 Å². The summed E-state index contributed by atoms with van der Waals surface area (Å²) in [5, 5.41) is 2.89. The molecule has 0 unspecified atom stereocenters. The number of nitrogens with one attached hydrogen (secondary N) is 2. The van der Waals surface area contributed by atoms with Crippen molar-refractivity contribution in [2.24, 2.45) is 0 Å².